The first kappa shape index (κ1) is 18.3. The Kier molecular flexibility index (Phi) is 5.18. The van der Waals surface area contributed by atoms with Crippen LogP contribution in [0.4, 0.5) is 5.69 Å². The number of carbonyl (C=O) groups excluding carboxylic acids is 1. The number of aryl methyl sites for hydroxylation is 1. The summed E-state index contributed by atoms with van der Waals surface area (Å²) in [5.41, 5.74) is 6.42. The molecule has 0 spiro atoms. The van der Waals surface area contributed by atoms with E-state index in [0.717, 1.165) is 24.1 Å². The van der Waals surface area contributed by atoms with Gasteiger partial charge in [0, 0.05) is 10.7 Å². The van der Waals surface area contributed by atoms with E-state index in [1.54, 1.807) is 6.07 Å². The van der Waals surface area contributed by atoms with Crippen LogP contribution in [-0.4, -0.2) is 11.0 Å². The van der Waals surface area contributed by atoms with Gasteiger partial charge in [0.05, 0.1) is 6.42 Å². The number of anilines is 1. The highest BCUT2D eigenvalue weighted by Gasteiger charge is 2.11. The molecule has 0 radical (unpaired) electrons. The number of phenolic OH excluding ortho intramolecular Hbond substituents is 1. The molecular weight excluding hydrogens is 370 g/mol. The summed E-state index contributed by atoms with van der Waals surface area (Å²) in [5.74, 6) is -0.0666. The van der Waals surface area contributed by atoms with Crippen LogP contribution in [-0.2, 0) is 17.6 Å². The third-order valence-corrected chi connectivity index (χ3v) is 5.28. The summed E-state index contributed by atoms with van der Waals surface area (Å²) in [6, 6.07) is 18.9. The number of fused-ring (bicyclic) bond motifs is 1. The number of hydrogen-bond donors (Lipinski definition) is 2. The molecule has 0 saturated heterocycles. The van der Waals surface area contributed by atoms with Crippen molar-refractivity contribution in [3.05, 3.63) is 88.5 Å². The van der Waals surface area contributed by atoms with Gasteiger partial charge < -0.3 is 10.4 Å². The molecule has 1 aliphatic rings. The second kappa shape index (κ2) is 7.91. The number of rotatable bonds is 4. The fraction of sp³-hybridized carbons (Fsp3) is 0.125. The lowest BCUT2D eigenvalue weighted by Gasteiger charge is -2.15. The van der Waals surface area contributed by atoms with Crippen molar-refractivity contribution >= 4 is 29.3 Å². The van der Waals surface area contributed by atoms with E-state index in [1.807, 2.05) is 24.3 Å². The minimum absolute atomic E-state index is 0.0858. The molecule has 0 fully saturated rings. The second-order valence-corrected chi connectivity index (χ2v) is 7.30. The molecule has 4 heteroatoms. The van der Waals surface area contributed by atoms with Crippen molar-refractivity contribution in [2.24, 2.45) is 0 Å². The lowest BCUT2D eigenvalue weighted by atomic mass is 9.90. The van der Waals surface area contributed by atoms with Crippen molar-refractivity contribution in [3.8, 4) is 16.9 Å². The maximum atomic E-state index is 12.3. The van der Waals surface area contributed by atoms with Crippen LogP contribution < -0.4 is 5.32 Å². The topological polar surface area (TPSA) is 49.3 Å². The Balaban J connectivity index is 1.48. The Bertz CT molecular complexity index is 1050. The molecule has 4 rings (SSSR count). The molecule has 0 aliphatic heterocycles. The van der Waals surface area contributed by atoms with Crippen molar-refractivity contribution in [3.63, 3.8) is 0 Å². The number of aromatic hydroxyl groups is 1. The number of benzene rings is 3. The number of halogens is 1. The summed E-state index contributed by atoms with van der Waals surface area (Å²) in [6.07, 6.45) is 6.73. The Morgan fingerprint density at radius 1 is 1.07 bits per heavy atom. The Morgan fingerprint density at radius 3 is 2.68 bits per heavy atom. The van der Waals surface area contributed by atoms with Gasteiger partial charge >= 0.3 is 0 Å². The molecule has 0 atom stereocenters. The van der Waals surface area contributed by atoms with Crippen LogP contribution in [0.1, 0.15) is 23.1 Å². The molecule has 0 bridgehead atoms. The highest BCUT2D eigenvalue weighted by molar-refractivity contribution is 6.31. The zero-order chi connectivity index (χ0) is 19.5. The highest BCUT2D eigenvalue weighted by Crippen LogP contribution is 2.31. The van der Waals surface area contributed by atoms with Crippen LogP contribution in [0.5, 0.6) is 5.75 Å². The quantitative estimate of drug-likeness (QED) is 0.587. The van der Waals surface area contributed by atoms with Gasteiger partial charge in [0.2, 0.25) is 5.91 Å². The van der Waals surface area contributed by atoms with Gasteiger partial charge in [-0.1, -0.05) is 60.2 Å². The van der Waals surface area contributed by atoms with Crippen LogP contribution in [0.15, 0.2) is 66.7 Å². The van der Waals surface area contributed by atoms with Gasteiger partial charge in [-0.3, -0.25) is 4.79 Å². The number of amides is 1. The molecule has 3 nitrogen and oxygen atoms in total. The summed E-state index contributed by atoms with van der Waals surface area (Å²) in [6.45, 7) is 0. The third-order valence-electron chi connectivity index (χ3n) is 4.93. The van der Waals surface area contributed by atoms with Crippen LogP contribution in [0.25, 0.3) is 17.2 Å². The van der Waals surface area contributed by atoms with Crippen LogP contribution >= 0.6 is 11.6 Å². The average Bonchev–Trinajstić information content (AvgIpc) is 2.70. The Morgan fingerprint density at radius 2 is 1.89 bits per heavy atom. The van der Waals surface area contributed by atoms with Gasteiger partial charge in [-0.25, -0.2) is 0 Å². The van der Waals surface area contributed by atoms with E-state index in [-0.39, 0.29) is 18.1 Å². The van der Waals surface area contributed by atoms with Gasteiger partial charge in [-0.15, -0.1) is 0 Å². The number of nitrogens with one attached hydrogen (secondary N) is 1. The van der Waals surface area contributed by atoms with Crippen molar-refractivity contribution < 1.29 is 9.90 Å². The van der Waals surface area contributed by atoms with E-state index in [4.69, 9.17) is 11.6 Å². The maximum Gasteiger partial charge on any atom is 0.228 e. The monoisotopic (exact) mass is 389 g/mol. The highest BCUT2D eigenvalue weighted by atomic mass is 35.5. The minimum Gasteiger partial charge on any atom is -0.508 e. The summed E-state index contributed by atoms with van der Waals surface area (Å²) >= 11 is 6.08. The maximum absolute atomic E-state index is 12.3. The van der Waals surface area contributed by atoms with E-state index in [2.05, 4.69) is 35.7 Å². The van der Waals surface area contributed by atoms with E-state index < -0.39 is 0 Å². The van der Waals surface area contributed by atoms with E-state index >= 15 is 0 Å². The van der Waals surface area contributed by atoms with Gasteiger partial charge in [0.1, 0.15) is 5.75 Å². The standard InChI is InChI=1S/C24H20ClNO2/c25-23-15-20(27)13-10-18(23)14-24(28)26-19-11-8-17(9-12-19)22-7-3-5-16-4-1-2-6-21(16)22/h2-3,5-13,15,27H,1,4,14H2,(H,26,28). The van der Waals surface area contributed by atoms with E-state index in [1.165, 1.54) is 28.8 Å². The molecule has 140 valence electrons. The molecule has 0 unspecified atom stereocenters. The largest absolute Gasteiger partial charge is 0.508 e. The van der Waals surface area contributed by atoms with Gasteiger partial charge in [-0.2, -0.15) is 0 Å². The van der Waals surface area contributed by atoms with E-state index in [9.17, 15) is 9.90 Å². The molecule has 0 heterocycles. The number of phenols is 1. The third kappa shape index (κ3) is 3.95. The average molecular weight is 390 g/mol. The lowest BCUT2D eigenvalue weighted by Crippen LogP contribution is -2.14. The zero-order valence-electron chi connectivity index (χ0n) is 15.3. The van der Waals surface area contributed by atoms with Crippen molar-refractivity contribution in [1.29, 1.82) is 0 Å². The Labute approximate surface area is 169 Å². The molecule has 3 aromatic carbocycles. The zero-order valence-corrected chi connectivity index (χ0v) is 16.0. The molecule has 2 N–H and O–H groups in total. The van der Waals surface area contributed by atoms with Crippen molar-refractivity contribution in [2.45, 2.75) is 19.3 Å². The first-order valence-electron chi connectivity index (χ1n) is 9.26. The number of hydrogen-bond acceptors (Lipinski definition) is 2. The predicted molar refractivity (Wildman–Crippen MR) is 115 cm³/mol. The number of allylic oxidation sites excluding steroid dienone is 1. The smallest absolute Gasteiger partial charge is 0.228 e. The molecule has 28 heavy (non-hydrogen) atoms. The van der Waals surface area contributed by atoms with Gasteiger partial charge in [-0.05, 0) is 64.9 Å². The van der Waals surface area contributed by atoms with Gasteiger partial charge in [0.25, 0.3) is 0 Å². The summed E-state index contributed by atoms with van der Waals surface area (Å²) in [7, 11) is 0. The second-order valence-electron chi connectivity index (χ2n) is 6.90. The SMILES string of the molecule is O=C(Cc1ccc(O)cc1Cl)Nc1ccc(-c2cccc3c2C=CCC3)cc1. The normalized spacial score (nSPS) is 12.5. The molecule has 0 aromatic heterocycles. The summed E-state index contributed by atoms with van der Waals surface area (Å²) < 4.78 is 0. The van der Waals surface area contributed by atoms with Gasteiger partial charge in [0.15, 0.2) is 0 Å². The predicted octanol–water partition coefficient (Wildman–Crippen LogP) is 5.85. The van der Waals surface area contributed by atoms with Crippen LogP contribution in [0.3, 0.4) is 0 Å². The fourth-order valence-electron chi connectivity index (χ4n) is 3.51. The molecule has 3 aromatic rings. The first-order chi connectivity index (χ1) is 13.6. The Hall–Kier alpha value is -3.04. The van der Waals surface area contributed by atoms with E-state index in [0.29, 0.717) is 10.6 Å². The fourth-order valence-corrected chi connectivity index (χ4v) is 3.75. The molecule has 0 saturated carbocycles. The molecule has 1 aliphatic carbocycles. The summed E-state index contributed by atoms with van der Waals surface area (Å²) in [5, 5.41) is 12.7. The minimum atomic E-state index is -0.152. The van der Waals surface area contributed by atoms with Crippen molar-refractivity contribution in [1.82, 2.24) is 0 Å². The van der Waals surface area contributed by atoms with Crippen LogP contribution in [0, 0.1) is 0 Å². The lowest BCUT2D eigenvalue weighted by molar-refractivity contribution is -0.115. The summed E-state index contributed by atoms with van der Waals surface area (Å²) in [4.78, 5) is 12.3. The number of carbonyl (C=O) groups is 1. The van der Waals surface area contributed by atoms with Crippen LogP contribution in [0.2, 0.25) is 5.02 Å². The molecule has 1 amide bonds. The van der Waals surface area contributed by atoms with Crippen molar-refractivity contribution in [2.75, 3.05) is 5.32 Å². The first-order valence-corrected chi connectivity index (χ1v) is 9.64. The molecular formula is C24H20ClNO2.